The molecule has 3 nitrogen and oxygen atoms in total. The largest absolute Gasteiger partial charge is 0.457 e. The van der Waals surface area contributed by atoms with Crippen LogP contribution in [-0.2, 0) is 11.3 Å². The number of benzene rings is 2. The molecule has 2 aromatic rings. The first kappa shape index (κ1) is 16.0. The Labute approximate surface area is 130 Å². The summed E-state index contributed by atoms with van der Waals surface area (Å²) < 4.78 is 18.4. The van der Waals surface area contributed by atoms with Gasteiger partial charge in [-0.3, -0.25) is 4.79 Å². The molecule has 0 radical (unpaired) electrons. The molecule has 2 rings (SSSR count). The van der Waals surface area contributed by atoms with Gasteiger partial charge in [0, 0.05) is 12.0 Å². The van der Waals surface area contributed by atoms with Gasteiger partial charge in [-0.25, -0.2) is 4.39 Å². The van der Waals surface area contributed by atoms with Crippen LogP contribution in [-0.4, -0.2) is 5.91 Å². The fourth-order valence-electron chi connectivity index (χ4n) is 1.76. The zero-order valence-electron chi connectivity index (χ0n) is 13.0. The van der Waals surface area contributed by atoms with Gasteiger partial charge in [-0.2, -0.15) is 0 Å². The highest BCUT2D eigenvalue weighted by Crippen LogP contribution is 2.22. The molecule has 0 bridgehead atoms. The molecule has 0 aliphatic carbocycles. The van der Waals surface area contributed by atoms with Crippen LogP contribution in [0.3, 0.4) is 0 Å². The summed E-state index contributed by atoms with van der Waals surface area (Å²) in [5, 5.41) is 2.89. The molecular weight excluding hydrogens is 281 g/mol. The van der Waals surface area contributed by atoms with Crippen molar-refractivity contribution in [2.45, 2.75) is 27.3 Å². The monoisotopic (exact) mass is 301 g/mol. The fraction of sp³-hybridized carbons (Fsp3) is 0.278. The zero-order valence-corrected chi connectivity index (χ0v) is 13.0. The second-order valence-corrected chi connectivity index (χ2v) is 6.13. The van der Waals surface area contributed by atoms with E-state index in [0.29, 0.717) is 18.0 Å². The Morgan fingerprint density at radius 1 is 1.00 bits per heavy atom. The first-order valence-corrected chi connectivity index (χ1v) is 7.15. The molecule has 0 aromatic heterocycles. The minimum absolute atomic E-state index is 0.0131. The molecular formula is C18H20FNO2. The van der Waals surface area contributed by atoms with Crippen molar-refractivity contribution >= 4 is 5.91 Å². The van der Waals surface area contributed by atoms with Crippen molar-refractivity contribution in [1.82, 2.24) is 5.32 Å². The summed E-state index contributed by atoms with van der Waals surface area (Å²) >= 11 is 0. The fourth-order valence-corrected chi connectivity index (χ4v) is 1.76. The van der Waals surface area contributed by atoms with Crippen LogP contribution in [0.25, 0.3) is 0 Å². The van der Waals surface area contributed by atoms with Crippen LogP contribution in [0.2, 0.25) is 0 Å². The summed E-state index contributed by atoms with van der Waals surface area (Å²) in [5.41, 5.74) is 0.593. The number of rotatable bonds is 4. The maximum atomic E-state index is 12.8. The molecule has 0 spiro atoms. The third kappa shape index (κ3) is 4.58. The number of hydrogen-bond acceptors (Lipinski definition) is 2. The van der Waals surface area contributed by atoms with Gasteiger partial charge in [0.1, 0.15) is 17.3 Å². The number of hydrogen-bond donors (Lipinski definition) is 1. The Balaban J connectivity index is 1.93. The average molecular weight is 301 g/mol. The van der Waals surface area contributed by atoms with E-state index in [0.717, 1.165) is 5.56 Å². The lowest BCUT2D eigenvalue weighted by molar-refractivity contribution is -0.128. The summed E-state index contributed by atoms with van der Waals surface area (Å²) in [4.78, 5) is 11.8. The average Bonchev–Trinajstić information content (AvgIpc) is 2.47. The van der Waals surface area contributed by atoms with E-state index in [1.165, 1.54) is 12.1 Å². The second kappa shape index (κ2) is 6.60. The van der Waals surface area contributed by atoms with E-state index in [4.69, 9.17) is 4.74 Å². The number of halogens is 1. The normalized spacial score (nSPS) is 11.1. The van der Waals surface area contributed by atoms with Gasteiger partial charge < -0.3 is 10.1 Å². The van der Waals surface area contributed by atoms with E-state index in [-0.39, 0.29) is 11.7 Å². The van der Waals surface area contributed by atoms with Gasteiger partial charge in [-0.1, -0.05) is 32.9 Å². The SMILES string of the molecule is CC(C)(C)C(=O)NCc1ccc(Oc2ccc(F)cc2)cc1. The molecule has 0 aliphatic rings. The van der Waals surface area contributed by atoms with Crippen molar-refractivity contribution in [3.63, 3.8) is 0 Å². The summed E-state index contributed by atoms with van der Waals surface area (Å²) in [6.07, 6.45) is 0. The van der Waals surface area contributed by atoms with Crippen LogP contribution in [0.15, 0.2) is 48.5 Å². The molecule has 1 amide bonds. The van der Waals surface area contributed by atoms with Crippen LogP contribution >= 0.6 is 0 Å². The smallest absolute Gasteiger partial charge is 0.225 e. The van der Waals surface area contributed by atoms with E-state index in [1.807, 2.05) is 45.0 Å². The molecule has 116 valence electrons. The van der Waals surface area contributed by atoms with Crippen LogP contribution in [0, 0.1) is 11.2 Å². The van der Waals surface area contributed by atoms with Gasteiger partial charge in [0.2, 0.25) is 5.91 Å². The zero-order chi connectivity index (χ0) is 16.2. The van der Waals surface area contributed by atoms with E-state index >= 15 is 0 Å². The van der Waals surface area contributed by atoms with Crippen molar-refractivity contribution in [3.8, 4) is 11.5 Å². The summed E-state index contributed by atoms with van der Waals surface area (Å²) in [6, 6.07) is 13.3. The summed E-state index contributed by atoms with van der Waals surface area (Å²) in [7, 11) is 0. The predicted molar refractivity (Wildman–Crippen MR) is 84.2 cm³/mol. The van der Waals surface area contributed by atoms with Crippen molar-refractivity contribution in [2.24, 2.45) is 5.41 Å². The van der Waals surface area contributed by atoms with Gasteiger partial charge >= 0.3 is 0 Å². The van der Waals surface area contributed by atoms with Crippen LogP contribution < -0.4 is 10.1 Å². The quantitative estimate of drug-likeness (QED) is 0.915. The highest BCUT2D eigenvalue weighted by molar-refractivity contribution is 5.81. The number of carbonyl (C=O) groups excluding carboxylic acids is 1. The van der Waals surface area contributed by atoms with Crippen molar-refractivity contribution in [3.05, 3.63) is 59.9 Å². The Hall–Kier alpha value is -2.36. The maximum absolute atomic E-state index is 12.8. The number of amides is 1. The molecule has 2 aromatic carbocycles. The van der Waals surface area contributed by atoms with Crippen LogP contribution in [0.5, 0.6) is 11.5 Å². The third-order valence-corrected chi connectivity index (χ3v) is 3.11. The molecule has 0 aliphatic heterocycles. The molecule has 0 heterocycles. The maximum Gasteiger partial charge on any atom is 0.225 e. The van der Waals surface area contributed by atoms with Gasteiger partial charge in [0.25, 0.3) is 0 Å². The number of ether oxygens (including phenoxy) is 1. The molecule has 4 heteroatoms. The molecule has 22 heavy (non-hydrogen) atoms. The molecule has 0 unspecified atom stereocenters. The Bertz CT molecular complexity index is 628. The van der Waals surface area contributed by atoms with Crippen molar-refractivity contribution < 1.29 is 13.9 Å². The summed E-state index contributed by atoms with van der Waals surface area (Å²) in [6.45, 7) is 6.11. The van der Waals surface area contributed by atoms with Crippen molar-refractivity contribution in [1.29, 1.82) is 0 Å². The van der Waals surface area contributed by atoms with E-state index in [9.17, 15) is 9.18 Å². The second-order valence-electron chi connectivity index (χ2n) is 6.13. The van der Waals surface area contributed by atoms with Crippen LogP contribution in [0.4, 0.5) is 4.39 Å². The Morgan fingerprint density at radius 3 is 2.00 bits per heavy atom. The first-order valence-electron chi connectivity index (χ1n) is 7.15. The first-order chi connectivity index (χ1) is 10.3. The molecule has 1 N–H and O–H groups in total. The van der Waals surface area contributed by atoms with Gasteiger partial charge in [-0.15, -0.1) is 0 Å². The lowest BCUT2D eigenvalue weighted by Crippen LogP contribution is -2.34. The molecule has 0 saturated heterocycles. The minimum Gasteiger partial charge on any atom is -0.457 e. The molecule has 0 saturated carbocycles. The van der Waals surface area contributed by atoms with Gasteiger partial charge in [-0.05, 0) is 42.0 Å². The number of nitrogens with one attached hydrogen (secondary N) is 1. The van der Waals surface area contributed by atoms with Gasteiger partial charge in [0.15, 0.2) is 0 Å². The Morgan fingerprint density at radius 2 is 1.50 bits per heavy atom. The topological polar surface area (TPSA) is 38.3 Å². The highest BCUT2D eigenvalue weighted by atomic mass is 19.1. The lowest BCUT2D eigenvalue weighted by Gasteiger charge is -2.17. The molecule has 0 atom stereocenters. The highest BCUT2D eigenvalue weighted by Gasteiger charge is 2.20. The third-order valence-electron chi connectivity index (χ3n) is 3.11. The summed E-state index contributed by atoms with van der Waals surface area (Å²) in [5.74, 6) is 0.962. The number of carbonyl (C=O) groups is 1. The van der Waals surface area contributed by atoms with Gasteiger partial charge in [0.05, 0.1) is 0 Å². The minimum atomic E-state index is -0.397. The standard InChI is InChI=1S/C18H20FNO2/c1-18(2,3)17(21)20-12-13-4-8-15(9-5-13)22-16-10-6-14(19)7-11-16/h4-11H,12H2,1-3H3,(H,20,21). The van der Waals surface area contributed by atoms with E-state index in [2.05, 4.69) is 5.32 Å². The predicted octanol–water partition coefficient (Wildman–Crippen LogP) is 4.28. The Kier molecular flexibility index (Phi) is 4.81. The van der Waals surface area contributed by atoms with E-state index < -0.39 is 5.41 Å². The van der Waals surface area contributed by atoms with E-state index in [1.54, 1.807) is 12.1 Å². The van der Waals surface area contributed by atoms with Crippen LogP contribution in [0.1, 0.15) is 26.3 Å². The molecule has 0 fully saturated rings. The lowest BCUT2D eigenvalue weighted by atomic mass is 9.95. The van der Waals surface area contributed by atoms with Crippen molar-refractivity contribution in [2.75, 3.05) is 0 Å².